The largest absolute Gasteiger partial charge is 0.416 e. The number of alkyl halides is 3. The standard InChI is InChI=1S/C21H21F3N2/c1-4-26(5-2)20-10-9-16(15(3)11-20)12-18(14-25)17-7-6-8-19(13-17)21(22,23)24/h6-13H,4-5H2,1-3H3/b18-12+. The van der Waals surface area contributed by atoms with Crippen molar-refractivity contribution in [2.24, 2.45) is 0 Å². The predicted molar refractivity (Wildman–Crippen MR) is 99.7 cm³/mol. The first-order valence-electron chi connectivity index (χ1n) is 8.45. The number of allylic oxidation sites excluding steroid dienone is 1. The number of halogens is 3. The maximum Gasteiger partial charge on any atom is 0.416 e. The SMILES string of the molecule is CCN(CC)c1ccc(/C=C(\C#N)c2cccc(C(F)(F)F)c2)c(C)c1. The van der Waals surface area contributed by atoms with Crippen molar-refractivity contribution >= 4 is 17.3 Å². The molecule has 26 heavy (non-hydrogen) atoms. The van der Waals surface area contributed by atoms with E-state index in [1.165, 1.54) is 12.1 Å². The van der Waals surface area contributed by atoms with Gasteiger partial charge in [0.25, 0.3) is 0 Å². The molecular weight excluding hydrogens is 337 g/mol. The van der Waals surface area contributed by atoms with Crippen LogP contribution in [0.15, 0.2) is 42.5 Å². The van der Waals surface area contributed by atoms with Gasteiger partial charge < -0.3 is 4.90 Å². The van der Waals surface area contributed by atoms with E-state index in [0.29, 0.717) is 0 Å². The molecule has 0 atom stereocenters. The zero-order chi connectivity index (χ0) is 19.3. The van der Waals surface area contributed by atoms with Crippen LogP contribution in [0.25, 0.3) is 11.6 Å². The van der Waals surface area contributed by atoms with Crippen molar-refractivity contribution in [1.82, 2.24) is 0 Å². The van der Waals surface area contributed by atoms with Crippen LogP contribution in [0.5, 0.6) is 0 Å². The highest BCUT2D eigenvalue weighted by Crippen LogP contribution is 2.31. The van der Waals surface area contributed by atoms with E-state index in [-0.39, 0.29) is 11.1 Å². The molecule has 0 saturated carbocycles. The van der Waals surface area contributed by atoms with Crippen LogP contribution >= 0.6 is 0 Å². The van der Waals surface area contributed by atoms with Crippen molar-refractivity contribution in [3.05, 3.63) is 64.7 Å². The van der Waals surface area contributed by atoms with E-state index in [1.54, 1.807) is 6.08 Å². The molecule has 0 bridgehead atoms. The summed E-state index contributed by atoms with van der Waals surface area (Å²) >= 11 is 0. The molecule has 2 rings (SSSR count). The lowest BCUT2D eigenvalue weighted by atomic mass is 9.99. The molecule has 0 aliphatic heterocycles. The van der Waals surface area contributed by atoms with E-state index in [1.807, 2.05) is 31.2 Å². The number of rotatable bonds is 5. The smallest absolute Gasteiger partial charge is 0.372 e. The molecule has 2 aromatic rings. The zero-order valence-corrected chi connectivity index (χ0v) is 15.1. The third-order valence-corrected chi connectivity index (χ3v) is 4.30. The van der Waals surface area contributed by atoms with E-state index in [0.717, 1.165) is 42.0 Å². The van der Waals surface area contributed by atoms with Crippen molar-refractivity contribution in [3.63, 3.8) is 0 Å². The molecule has 0 aliphatic carbocycles. The molecule has 2 nitrogen and oxygen atoms in total. The number of nitriles is 1. The van der Waals surface area contributed by atoms with E-state index in [4.69, 9.17) is 0 Å². The summed E-state index contributed by atoms with van der Waals surface area (Å²) in [5.41, 5.74) is 2.57. The molecule has 5 heteroatoms. The molecule has 136 valence electrons. The highest BCUT2D eigenvalue weighted by atomic mass is 19.4. The lowest BCUT2D eigenvalue weighted by molar-refractivity contribution is -0.137. The molecule has 2 aromatic carbocycles. The molecule has 0 radical (unpaired) electrons. The monoisotopic (exact) mass is 358 g/mol. The molecule has 0 unspecified atom stereocenters. The van der Waals surface area contributed by atoms with Crippen LogP contribution in [0.3, 0.4) is 0 Å². The summed E-state index contributed by atoms with van der Waals surface area (Å²) in [6.07, 6.45) is -2.80. The Bertz CT molecular complexity index is 841. The first kappa shape index (κ1) is 19.6. The highest BCUT2D eigenvalue weighted by Gasteiger charge is 2.30. The lowest BCUT2D eigenvalue weighted by Gasteiger charge is -2.22. The summed E-state index contributed by atoms with van der Waals surface area (Å²) < 4.78 is 38.7. The van der Waals surface area contributed by atoms with Gasteiger partial charge in [-0.1, -0.05) is 18.2 Å². The first-order valence-corrected chi connectivity index (χ1v) is 8.45. The van der Waals surface area contributed by atoms with Crippen LogP contribution in [-0.2, 0) is 6.18 Å². The summed E-state index contributed by atoms with van der Waals surface area (Å²) in [6.45, 7) is 7.86. The number of benzene rings is 2. The van der Waals surface area contributed by atoms with E-state index in [2.05, 4.69) is 18.7 Å². The second-order valence-corrected chi connectivity index (χ2v) is 5.96. The van der Waals surface area contributed by atoms with E-state index in [9.17, 15) is 18.4 Å². The number of aryl methyl sites for hydroxylation is 1. The van der Waals surface area contributed by atoms with Crippen molar-refractivity contribution in [1.29, 1.82) is 5.26 Å². The van der Waals surface area contributed by atoms with Gasteiger partial charge in [-0.3, -0.25) is 0 Å². The fourth-order valence-electron chi connectivity index (χ4n) is 2.81. The van der Waals surface area contributed by atoms with Crippen molar-refractivity contribution in [3.8, 4) is 6.07 Å². The van der Waals surface area contributed by atoms with Crippen LogP contribution in [0.2, 0.25) is 0 Å². The number of hydrogen-bond acceptors (Lipinski definition) is 2. The zero-order valence-electron chi connectivity index (χ0n) is 15.1. The fraction of sp³-hybridized carbons (Fsp3) is 0.286. The first-order chi connectivity index (χ1) is 12.3. The Balaban J connectivity index is 2.43. The van der Waals surface area contributed by atoms with Crippen LogP contribution in [0.1, 0.15) is 36.1 Å². The molecule has 0 aromatic heterocycles. The topological polar surface area (TPSA) is 27.0 Å². The molecule has 0 amide bonds. The molecule has 0 aliphatic rings. The Morgan fingerprint density at radius 3 is 2.35 bits per heavy atom. The summed E-state index contributed by atoms with van der Waals surface area (Å²) in [7, 11) is 0. The normalized spacial score (nSPS) is 12.0. The van der Waals surface area contributed by atoms with Gasteiger partial charge in [0, 0.05) is 18.8 Å². The molecule has 0 saturated heterocycles. The lowest BCUT2D eigenvalue weighted by Crippen LogP contribution is -2.21. The van der Waals surface area contributed by atoms with Gasteiger partial charge in [-0.15, -0.1) is 0 Å². The number of hydrogen-bond donors (Lipinski definition) is 0. The van der Waals surface area contributed by atoms with Crippen molar-refractivity contribution in [2.75, 3.05) is 18.0 Å². The Kier molecular flexibility index (Phi) is 6.10. The fourth-order valence-corrected chi connectivity index (χ4v) is 2.81. The molecule has 0 spiro atoms. The predicted octanol–water partition coefficient (Wildman–Crippen LogP) is 5.92. The van der Waals surface area contributed by atoms with Gasteiger partial charge in [0.1, 0.15) is 0 Å². The average Bonchev–Trinajstić information content (AvgIpc) is 2.61. The Morgan fingerprint density at radius 1 is 1.12 bits per heavy atom. The molecular formula is C21H21F3N2. The van der Waals surface area contributed by atoms with Gasteiger partial charge in [-0.25, -0.2) is 0 Å². The maximum absolute atomic E-state index is 12.9. The quantitative estimate of drug-likeness (QED) is 0.490. The minimum absolute atomic E-state index is 0.204. The molecule has 0 N–H and O–H groups in total. The maximum atomic E-state index is 12.9. The highest BCUT2D eigenvalue weighted by molar-refractivity contribution is 5.90. The van der Waals surface area contributed by atoms with Crippen LogP contribution in [0.4, 0.5) is 18.9 Å². The van der Waals surface area contributed by atoms with Gasteiger partial charge in [0.2, 0.25) is 0 Å². The van der Waals surface area contributed by atoms with E-state index >= 15 is 0 Å². The second kappa shape index (κ2) is 8.09. The van der Waals surface area contributed by atoms with E-state index < -0.39 is 11.7 Å². The van der Waals surface area contributed by atoms with Gasteiger partial charge in [0.15, 0.2) is 0 Å². The Morgan fingerprint density at radius 2 is 1.81 bits per heavy atom. The Labute approximate surface area is 152 Å². The second-order valence-electron chi connectivity index (χ2n) is 5.96. The van der Waals surface area contributed by atoms with Gasteiger partial charge >= 0.3 is 6.18 Å². The van der Waals surface area contributed by atoms with Crippen LogP contribution in [-0.4, -0.2) is 13.1 Å². The Hall–Kier alpha value is -2.74. The summed E-state index contributed by atoms with van der Waals surface area (Å²) in [5.74, 6) is 0. The minimum Gasteiger partial charge on any atom is -0.372 e. The number of anilines is 1. The van der Waals surface area contributed by atoms with Crippen LogP contribution < -0.4 is 4.90 Å². The van der Waals surface area contributed by atoms with Crippen molar-refractivity contribution in [2.45, 2.75) is 26.9 Å². The van der Waals surface area contributed by atoms with Crippen LogP contribution in [0, 0.1) is 18.3 Å². The van der Waals surface area contributed by atoms with Crippen molar-refractivity contribution < 1.29 is 13.2 Å². The van der Waals surface area contributed by atoms with Gasteiger partial charge in [0.05, 0.1) is 17.2 Å². The summed E-state index contributed by atoms with van der Waals surface area (Å²) in [4.78, 5) is 2.21. The molecule has 0 fully saturated rings. The minimum atomic E-state index is -4.43. The summed E-state index contributed by atoms with van der Waals surface area (Å²) in [5, 5.41) is 9.44. The molecule has 0 heterocycles. The third kappa shape index (κ3) is 4.45. The van der Waals surface area contributed by atoms with Gasteiger partial charge in [-0.2, -0.15) is 18.4 Å². The van der Waals surface area contributed by atoms with Gasteiger partial charge in [-0.05, 0) is 67.8 Å². The summed E-state index contributed by atoms with van der Waals surface area (Å²) in [6, 6.07) is 12.8. The average molecular weight is 358 g/mol. The number of nitrogens with zero attached hydrogens (tertiary/aromatic N) is 2. The third-order valence-electron chi connectivity index (χ3n) is 4.30.